The summed E-state index contributed by atoms with van der Waals surface area (Å²) in [5.41, 5.74) is 13.1. The van der Waals surface area contributed by atoms with Crippen molar-refractivity contribution in [2.24, 2.45) is 23.3 Å². The number of benzene rings is 2. The Kier molecular flexibility index (Phi) is 46.9. The highest BCUT2D eigenvalue weighted by Crippen LogP contribution is 2.22. The highest BCUT2D eigenvalue weighted by Gasteiger charge is 2.42. The second-order valence-electron chi connectivity index (χ2n) is 31.9. The van der Waals surface area contributed by atoms with E-state index in [1.54, 1.807) is 74.5 Å². The molecule has 3 aromatic rings. The van der Waals surface area contributed by atoms with Crippen LogP contribution in [0.5, 0.6) is 0 Å². The molecule has 0 spiro atoms. The van der Waals surface area contributed by atoms with Gasteiger partial charge in [0.2, 0.25) is 76.8 Å². The Balaban J connectivity index is 1.58. The van der Waals surface area contributed by atoms with Crippen LogP contribution in [0.1, 0.15) is 187 Å². The van der Waals surface area contributed by atoms with Gasteiger partial charge in [-0.1, -0.05) is 115 Å². The molecule has 4 rings (SSSR count). The molecule has 0 radical (unpaired) electrons. The Morgan fingerprint density at radius 1 is 0.476 bits per heavy atom. The van der Waals surface area contributed by atoms with Crippen LogP contribution < -0.4 is 80.6 Å². The van der Waals surface area contributed by atoms with E-state index in [2.05, 4.69) is 86.0 Å². The molecule has 0 bridgehead atoms. The number of aliphatic hydroxyl groups excluding tert-OH is 2. The standard InChI is InChI=1S/C83H128N18O23/c1-8-9-10-20-35-86-36-21-18-27-55(72(112)96-60(40-51-23-13-11-14-24-51)76(116)97-62(43-68(109)110)77(117)94-58(83(123)124)28-17-19-34-84)91-73(113)56(30-32-66(105)106)92-75(115)59(39-48(4)5)98-81(121)70(50(7)103)100-74(114)57(31-33-67(107)108)93-79(119)64-29-22-37-101(64)82(122)63(42-53-44-87-46-89-53)90-65(104)45-88-80(120)69(49(6)102)99-78(118)61(41-52-25-15-12-16-26-52)95-71(111)54(85)38-47(2)3/h11-16,23-26,44,46-50,54-64,69-70,86,102-103H,8-10,17-22,27-43,45,84-85H2,1-7H3,(H,87,89)(H,88,120)(H,90,104)(H,91,113)(H,92,115)(H,93,119)(H,94,117)(H,95,111)(H,96,112)(H,97,116)(H,98,121)(H,99,118)(H,100,114)(H,105,106)(H,107,108)(H,109,110)(H,123,124)/t49-,50-,54+,55+,56+,57+,58+,59+,60+,61+,62+,63+,64+,69+,70+/m1/s1. The second-order valence-corrected chi connectivity index (χ2v) is 31.9. The van der Waals surface area contributed by atoms with E-state index in [4.69, 9.17) is 11.5 Å². The lowest BCUT2D eigenvalue weighted by molar-refractivity contribution is -0.144. The Hall–Kier alpha value is -11.6. The number of nitrogens with one attached hydrogen (secondary N) is 14. The van der Waals surface area contributed by atoms with Gasteiger partial charge in [0.05, 0.1) is 37.5 Å². The molecular weight excluding hydrogens is 1620 g/mol. The molecule has 124 heavy (non-hydrogen) atoms. The first kappa shape index (κ1) is 105. The number of carboxylic acid groups (broad SMARTS) is 4. The third-order valence-electron chi connectivity index (χ3n) is 20.3. The first-order chi connectivity index (χ1) is 58.8. The van der Waals surface area contributed by atoms with E-state index in [1.807, 2.05) is 13.8 Å². The number of aliphatic carboxylic acids is 4. The van der Waals surface area contributed by atoms with Gasteiger partial charge in [0, 0.05) is 50.5 Å². The number of nitrogens with two attached hydrogens (primary N) is 2. The normalized spacial score (nSPS) is 15.9. The fraction of sp³-hybridized carbons (Fsp3) is 0.614. The Labute approximate surface area is 720 Å². The topological polar surface area (TPSA) is 652 Å². The highest BCUT2D eigenvalue weighted by molar-refractivity contribution is 6.01. The van der Waals surface area contributed by atoms with Crippen LogP contribution in [-0.4, -0.2) is 270 Å². The minimum Gasteiger partial charge on any atom is -0.481 e. The van der Waals surface area contributed by atoms with Gasteiger partial charge >= 0.3 is 23.9 Å². The van der Waals surface area contributed by atoms with E-state index in [-0.39, 0.29) is 83.2 Å². The van der Waals surface area contributed by atoms with Crippen LogP contribution in [0.4, 0.5) is 0 Å². The minimum atomic E-state index is -2.00. The number of carbonyl (C=O) groups is 17. The maximum absolute atomic E-state index is 14.8. The van der Waals surface area contributed by atoms with Crippen LogP contribution in [0, 0.1) is 11.8 Å². The molecule has 41 nitrogen and oxygen atoms in total. The average molecular weight is 1750 g/mol. The van der Waals surface area contributed by atoms with E-state index in [0.717, 1.165) is 37.5 Å². The lowest BCUT2D eigenvalue weighted by Gasteiger charge is -2.30. The van der Waals surface area contributed by atoms with Gasteiger partial charge in [-0.3, -0.25) is 76.7 Å². The number of rotatable bonds is 60. The van der Waals surface area contributed by atoms with Crippen LogP contribution in [-0.2, 0) is 101 Å². The lowest BCUT2D eigenvalue weighted by atomic mass is 10.0. The third-order valence-corrected chi connectivity index (χ3v) is 20.3. The molecule has 2 heterocycles. The van der Waals surface area contributed by atoms with E-state index in [0.29, 0.717) is 49.2 Å². The Morgan fingerprint density at radius 2 is 0.935 bits per heavy atom. The molecule has 1 aromatic heterocycles. The number of aromatic amines is 1. The average Bonchev–Trinajstić information content (AvgIpc) is 1.75. The predicted molar refractivity (Wildman–Crippen MR) is 449 cm³/mol. The maximum atomic E-state index is 14.8. The summed E-state index contributed by atoms with van der Waals surface area (Å²) >= 11 is 0. The lowest BCUT2D eigenvalue weighted by Crippen LogP contribution is -2.62. The van der Waals surface area contributed by atoms with Crippen LogP contribution >= 0.6 is 0 Å². The van der Waals surface area contributed by atoms with Crippen molar-refractivity contribution < 1.29 is 112 Å². The predicted octanol–water partition coefficient (Wildman–Crippen LogP) is -2.18. The Morgan fingerprint density at radius 3 is 1.45 bits per heavy atom. The van der Waals surface area contributed by atoms with Crippen molar-refractivity contribution in [3.63, 3.8) is 0 Å². The van der Waals surface area contributed by atoms with Crippen molar-refractivity contribution in [3.8, 4) is 0 Å². The van der Waals surface area contributed by atoms with Crippen molar-refractivity contribution in [1.82, 2.24) is 84.0 Å². The summed E-state index contributed by atoms with van der Waals surface area (Å²) in [4.78, 5) is 242. The number of aliphatic hydroxyl groups is 2. The number of H-pyrrole nitrogens is 1. The molecule has 1 aliphatic rings. The van der Waals surface area contributed by atoms with Gasteiger partial charge in [0.25, 0.3) is 0 Å². The number of amides is 13. The molecule has 2 aromatic carbocycles. The van der Waals surface area contributed by atoms with Gasteiger partial charge in [-0.05, 0) is 140 Å². The quantitative estimate of drug-likeness (QED) is 0.0267. The number of carboxylic acids is 4. The fourth-order valence-electron chi connectivity index (χ4n) is 13.6. The number of aromatic nitrogens is 2. The van der Waals surface area contributed by atoms with Crippen molar-refractivity contribution in [3.05, 3.63) is 90.0 Å². The summed E-state index contributed by atoms with van der Waals surface area (Å²) in [6.07, 6.45) is 0.0626. The maximum Gasteiger partial charge on any atom is 0.326 e. The van der Waals surface area contributed by atoms with E-state index < -0.39 is 236 Å². The molecule has 24 N–H and O–H groups in total. The van der Waals surface area contributed by atoms with E-state index in [1.165, 1.54) is 19.4 Å². The van der Waals surface area contributed by atoms with Crippen LogP contribution in [0.15, 0.2) is 73.2 Å². The second kappa shape index (κ2) is 55.5. The molecule has 0 saturated carbocycles. The number of hydrogen-bond acceptors (Lipinski definition) is 23. The number of imidazole rings is 1. The summed E-state index contributed by atoms with van der Waals surface area (Å²) in [6, 6.07) is -3.97. The summed E-state index contributed by atoms with van der Waals surface area (Å²) in [6.45, 7) is 11.8. The monoisotopic (exact) mass is 1740 g/mol. The molecule has 1 saturated heterocycles. The Bertz CT molecular complexity index is 3970. The smallest absolute Gasteiger partial charge is 0.326 e. The summed E-state index contributed by atoms with van der Waals surface area (Å²) < 4.78 is 0. The van der Waals surface area contributed by atoms with E-state index in [9.17, 15) is 112 Å². The first-order valence-electron chi connectivity index (χ1n) is 42.2. The largest absolute Gasteiger partial charge is 0.481 e. The SMILES string of the molecule is CCCCCCNCCCC[C@H](NC(=O)[C@H](CCC(=O)O)NC(=O)[C@H](CC(C)C)NC(=O)[C@@H](NC(=O)[C@H](CCC(=O)O)NC(=O)[C@@H]1CCCN1C(=O)[C@H](Cc1cnc[nH]1)NC(=O)CNC(=O)[C@@H](NC(=O)[C@H](Cc1ccccc1)NC(=O)[C@@H](N)CC(C)C)[C@@H](C)O)[C@@H](C)O)C(=O)N[C@@H](Cc1ccccc1)C(=O)N[C@@H](CC(=O)O)C(=O)N[C@@H](CCCCN)C(=O)O. The van der Waals surface area contributed by atoms with Gasteiger partial charge in [0.15, 0.2) is 0 Å². The van der Waals surface area contributed by atoms with Crippen LogP contribution in [0.3, 0.4) is 0 Å². The van der Waals surface area contributed by atoms with Gasteiger partial charge in [-0.2, -0.15) is 0 Å². The number of carbonyl (C=O) groups excluding carboxylic acids is 13. The van der Waals surface area contributed by atoms with Crippen LogP contribution in [0.2, 0.25) is 0 Å². The minimum absolute atomic E-state index is 0.0318. The molecule has 688 valence electrons. The zero-order chi connectivity index (χ0) is 92.1. The molecular formula is C83H128N18O23. The van der Waals surface area contributed by atoms with Gasteiger partial charge in [-0.15, -0.1) is 0 Å². The van der Waals surface area contributed by atoms with Crippen molar-refractivity contribution in [1.29, 1.82) is 0 Å². The van der Waals surface area contributed by atoms with Gasteiger partial charge in [0.1, 0.15) is 72.5 Å². The molecule has 0 aliphatic carbocycles. The number of likely N-dealkylation sites (tertiary alicyclic amines) is 1. The number of hydrogen-bond donors (Lipinski definition) is 22. The summed E-state index contributed by atoms with van der Waals surface area (Å²) in [7, 11) is 0. The molecule has 41 heteroatoms. The molecule has 1 aliphatic heterocycles. The zero-order valence-electron chi connectivity index (χ0n) is 71.5. The highest BCUT2D eigenvalue weighted by atomic mass is 16.4. The number of nitrogens with zero attached hydrogens (tertiary/aromatic N) is 2. The molecule has 13 amide bonds. The van der Waals surface area contributed by atoms with Gasteiger partial charge in [-0.25, -0.2) is 9.78 Å². The third kappa shape index (κ3) is 38.9. The van der Waals surface area contributed by atoms with E-state index >= 15 is 0 Å². The van der Waals surface area contributed by atoms with Crippen molar-refractivity contribution >= 4 is 101 Å². The molecule has 0 unspecified atom stereocenters. The van der Waals surface area contributed by atoms with Crippen molar-refractivity contribution in [2.75, 3.05) is 32.7 Å². The first-order valence-corrected chi connectivity index (χ1v) is 42.2. The summed E-state index contributed by atoms with van der Waals surface area (Å²) in [5.74, 6) is -19.7. The number of unbranched alkanes of at least 4 members (excludes halogenated alkanes) is 5. The fourth-order valence-corrected chi connectivity index (χ4v) is 13.6. The molecule has 1 fully saturated rings. The molecule has 15 atom stereocenters. The van der Waals surface area contributed by atoms with Crippen LogP contribution in [0.25, 0.3) is 0 Å². The van der Waals surface area contributed by atoms with Gasteiger partial charge < -0.3 is 121 Å². The summed E-state index contributed by atoms with van der Waals surface area (Å²) in [5, 5.41) is 94.4. The zero-order valence-corrected chi connectivity index (χ0v) is 71.5. The van der Waals surface area contributed by atoms with Crippen molar-refractivity contribution in [2.45, 2.75) is 280 Å².